The zero-order valence-electron chi connectivity index (χ0n) is 10.3. The van der Waals surface area contributed by atoms with Crippen molar-refractivity contribution in [1.29, 1.82) is 0 Å². The third-order valence-electron chi connectivity index (χ3n) is 3.56. The van der Waals surface area contributed by atoms with Crippen molar-refractivity contribution in [2.24, 2.45) is 10.8 Å². The molecule has 14 heavy (non-hydrogen) atoms. The van der Waals surface area contributed by atoms with Gasteiger partial charge < -0.3 is 5.11 Å². The van der Waals surface area contributed by atoms with Gasteiger partial charge in [0.05, 0.1) is 6.10 Å². The lowest BCUT2D eigenvalue weighted by molar-refractivity contribution is -0.0139. The first kappa shape index (κ1) is 12.0. The highest BCUT2D eigenvalue weighted by molar-refractivity contribution is 4.91. The summed E-state index contributed by atoms with van der Waals surface area (Å²) in [6.45, 7) is 9.18. The molecule has 0 aromatic rings. The minimum absolute atomic E-state index is 0.0689. The predicted molar refractivity (Wildman–Crippen MR) is 61.3 cm³/mol. The molecule has 0 radical (unpaired) electrons. The van der Waals surface area contributed by atoms with Gasteiger partial charge >= 0.3 is 0 Å². The largest absolute Gasteiger partial charge is 0.393 e. The van der Waals surface area contributed by atoms with Crippen LogP contribution in [0.15, 0.2) is 0 Å². The van der Waals surface area contributed by atoms with E-state index in [2.05, 4.69) is 27.7 Å². The van der Waals surface area contributed by atoms with Crippen LogP contribution in [0.4, 0.5) is 0 Å². The van der Waals surface area contributed by atoms with Gasteiger partial charge in [-0.25, -0.2) is 0 Å². The van der Waals surface area contributed by atoms with Crippen LogP contribution in [0.3, 0.4) is 0 Å². The fourth-order valence-electron chi connectivity index (χ4n) is 3.37. The topological polar surface area (TPSA) is 20.2 Å². The molecule has 1 saturated carbocycles. The molecular weight excluding hydrogens is 172 g/mol. The molecule has 0 aliphatic heterocycles. The summed E-state index contributed by atoms with van der Waals surface area (Å²) in [6.07, 6.45) is 7.05. The van der Waals surface area contributed by atoms with Crippen molar-refractivity contribution in [3.8, 4) is 0 Å². The summed E-state index contributed by atoms with van der Waals surface area (Å²) in [7, 11) is 0. The van der Waals surface area contributed by atoms with E-state index in [1.807, 2.05) is 0 Å². The third-order valence-corrected chi connectivity index (χ3v) is 3.56. The smallest absolute Gasteiger partial charge is 0.0550 e. The molecule has 0 spiro atoms. The molecule has 0 heterocycles. The molecule has 0 saturated heterocycles. The Bertz CT molecular complexity index is 186. The number of hydrogen-bond donors (Lipinski definition) is 1. The Morgan fingerprint density at radius 2 is 1.86 bits per heavy atom. The van der Waals surface area contributed by atoms with E-state index in [0.29, 0.717) is 10.8 Å². The maximum Gasteiger partial charge on any atom is 0.0550 e. The van der Waals surface area contributed by atoms with E-state index in [4.69, 9.17) is 0 Å². The normalized spacial score (nSPS) is 37.1. The number of rotatable bonds is 3. The Balaban J connectivity index is 2.59. The van der Waals surface area contributed by atoms with Crippen molar-refractivity contribution in [1.82, 2.24) is 0 Å². The summed E-state index contributed by atoms with van der Waals surface area (Å²) < 4.78 is 0. The van der Waals surface area contributed by atoms with Gasteiger partial charge in [-0.3, -0.25) is 0 Å². The lowest BCUT2D eigenvalue weighted by Gasteiger charge is -2.45. The molecule has 1 heteroatoms. The highest BCUT2D eigenvalue weighted by atomic mass is 16.3. The van der Waals surface area contributed by atoms with Crippen LogP contribution >= 0.6 is 0 Å². The minimum atomic E-state index is -0.0689. The third kappa shape index (κ3) is 3.27. The van der Waals surface area contributed by atoms with Crippen molar-refractivity contribution in [3.05, 3.63) is 0 Å². The van der Waals surface area contributed by atoms with Crippen molar-refractivity contribution in [2.45, 2.75) is 72.3 Å². The molecule has 1 aliphatic carbocycles. The van der Waals surface area contributed by atoms with E-state index in [1.165, 1.54) is 25.7 Å². The molecule has 84 valence electrons. The average Bonchev–Trinajstić information content (AvgIpc) is 1.96. The van der Waals surface area contributed by atoms with Gasteiger partial charge in [0, 0.05) is 0 Å². The van der Waals surface area contributed by atoms with E-state index in [9.17, 15) is 5.11 Å². The van der Waals surface area contributed by atoms with Gasteiger partial charge in [0.15, 0.2) is 0 Å². The zero-order chi connectivity index (χ0) is 10.8. The van der Waals surface area contributed by atoms with Crippen molar-refractivity contribution in [3.63, 3.8) is 0 Å². The van der Waals surface area contributed by atoms with Gasteiger partial charge in [0.25, 0.3) is 0 Å². The molecule has 0 aromatic heterocycles. The molecule has 1 N–H and O–H groups in total. The fraction of sp³-hybridized carbons (Fsp3) is 1.00. The zero-order valence-corrected chi connectivity index (χ0v) is 10.3. The first-order chi connectivity index (χ1) is 6.37. The van der Waals surface area contributed by atoms with Crippen LogP contribution in [0.2, 0.25) is 0 Å². The SMILES string of the molecule is CCCCC1(C)CC(O)CC(C)(C)C1. The van der Waals surface area contributed by atoms with Crippen molar-refractivity contribution < 1.29 is 5.11 Å². The molecule has 0 amide bonds. The quantitative estimate of drug-likeness (QED) is 0.732. The number of hydrogen-bond acceptors (Lipinski definition) is 1. The van der Waals surface area contributed by atoms with Crippen molar-refractivity contribution >= 4 is 0 Å². The van der Waals surface area contributed by atoms with Gasteiger partial charge in [-0.1, -0.05) is 40.5 Å². The Morgan fingerprint density at radius 1 is 1.21 bits per heavy atom. The summed E-state index contributed by atoms with van der Waals surface area (Å²) in [5, 5.41) is 9.88. The maximum absolute atomic E-state index is 9.88. The second-order valence-electron chi connectivity index (χ2n) is 6.32. The van der Waals surface area contributed by atoms with Gasteiger partial charge in [-0.2, -0.15) is 0 Å². The van der Waals surface area contributed by atoms with Gasteiger partial charge in [0.1, 0.15) is 0 Å². The van der Waals surface area contributed by atoms with E-state index in [0.717, 1.165) is 12.8 Å². The summed E-state index contributed by atoms with van der Waals surface area (Å²) in [4.78, 5) is 0. The number of aliphatic hydroxyl groups excluding tert-OH is 1. The van der Waals surface area contributed by atoms with Crippen LogP contribution < -0.4 is 0 Å². The number of unbranched alkanes of at least 4 members (excludes halogenated alkanes) is 1. The van der Waals surface area contributed by atoms with Crippen LogP contribution in [0.1, 0.15) is 66.2 Å². The Kier molecular flexibility index (Phi) is 3.63. The highest BCUT2D eigenvalue weighted by Gasteiger charge is 2.39. The van der Waals surface area contributed by atoms with Crippen LogP contribution in [0, 0.1) is 10.8 Å². The Labute approximate surface area is 88.9 Å². The van der Waals surface area contributed by atoms with Gasteiger partial charge in [0.2, 0.25) is 0 Å². The summed E-state index contributed by atoms with van der Waals surface area (Å²) in [6, 6.07) is 0. The minimum Gasteiger partial charge on any atom is -0.393 e. The maximum atomic E-state index is 9.88. The predicted octanol–water partition coefficient (Wildman–Crippen LogP) is 3.75. The summed E-state index contributed by atoms with van der Waals surface area (Å²) in [5.41, 5.74) is 0.720. The lowest BCUT2D eigenvalue weighted by Crippen LogP contribution is -2.38. The monoisotopic (exact) mass is 198 g/mol. The number of aliphatic hydroxyl groups is 1. The van der Waals surface area contributed by atoms with E-state index >= 15 is 0 Å². The average molecular weight is 198 g/mol. The van der Waals surface area contributed by atoms with Crippen LogP contribution in [-0.4, -0.2) is 11.2 Å². The molecule has 1 fully saturated rings. The fourth-order valence-corrected chi connectivity index (χ4v) is 3.37. The summed E-state index contributed by atoms with van der Waals surface area (Å²) in [5.74, 6) is 0. The van der Waals surface area contributed by atoms with E-state index < -0.39 is 0 Å². The first-order valence-electron chi connectivity index (χ1n) is 6.05. The second-order valence-corrected chi connectivity index (χ2v) is 6.32. The molecule has 2 atom stereocenters. The van der Waals surface area contributed by atoms with Crippen LogP contribution in [0.25, 0.3) is 0 Å². The molecule has 2 unspecified atom stereocenters. The van der Waals surface area contributed by atoms with E-state index in [-0.39, 0.29) is 6.10 Å². The second kappa shape index (κ2) is 4.22. The van der Waals surface area contributed by atoms with Crippen LogP contribution in [0.5, 0.6) is 0 Å². The van der Waals surface area contributed by atoms with E-state index in [1.54, 1.807) is 0 Å². The first-order valence-corrected chi connectivity index (χ1v) is 6.05. The molecule has 0 bridgehead atoms. The van der Waals surface area contributed by atoms with Crippen LogP contribution in [-0.2, 0) is 0 Å². The molecular formula is C13H26O. The standard InChI is InChI=1S/C13H26O/c1-5-6-7-13(4)9-11(14)8-12(2,3)10-13/h11,14H,5-10H2,1-4H3. The summed E-state index contributed by atoms with van der Waals surface area (Å²) >= 11 is 0. The van der Waals surface area contributed by atoms with Crippen molar-refractivity contribution in [2.75, 3.05) is 0 Å². The lowest BCUT2D eigenvalue weighted by atomic mass is 9.62. The molecule has 1 nitrogen and oxygen atoms in total. The highest BCUT2D eigenvalue weighted by Crippen LogP contribution is 2.48. The van der Waals surface area contributed by atoms with Gasteiger partial charge in [-0.15, -0.1) is 0 Å². The van der Waals surface area contributed by atoms with Gasteiger partial charge in [-0.05, 0) is 36.5 Å². The molecule has 1 rings (SSSR count). The Hall–Kier alpha value is -0.0400. The Morgan fingerprint density at radius 3 is 2.36 bits per heavy atom. The molecule has 1 aliphatic rings. The molecule has 0 aromatic carbocycles.